The van der Waals surface area contributed by atoms with Crippen LogP contribution in [0.1, 0.15) is 54.7 Å². The standard InChI is InChI=1S/C32H33FN2O7S/c1-31(2,3)42-30(38)35-14-13-32(24-9-7-8-10-25(24)34(4)29(32)37)27(35)21-15-20(16-22(33)17-21)19-11-12-23(28(36)41-5)26(18-19)43(6,39)40/h7-12,15-18,27H,13-14H2,1-6H3/t27-,32-/m1/s1. The monoisotopic (exact) mass is 608 g/mol. The molecule has 1 spiro atoms. The number of rotatable bonds is 4. The number of halogens is 1. The average molecular weight is 609 g/mol. The van der Waals surface area contributed by atoms with Gasteiger partial charge in [-0.2, -0.15) is 0 Å². The fourth-order valence-electron chi connectivity index (χ4n) is 6.21. The predicted molar refractivity (Wildman–Crippen MR) is 158 cm³/mol. The number of sulfone groups is 1. The van der Waals surface area contributed by atoms with E-state index in [4.69, 9.17) is 9.47 Å². The molecule has 9 nitrogen and oxygen atoms in total. The van der Waals surface area contributed by atoms with E-state index < -0.39 is 44.8 Å². The zero-order valence-electron chi connectivity index (χ0n) is 24.8. The highest BCUT2D eigenvalue weighted by molar-refractivity contribution is 7.90. The SMILES string of the molecule is COC(=O)c1ccc(-c2cc(F)cc([C@H]3N(C(=O)OC(C)(C)C)CC[C@]34C(=O)N(C)c3ccccc34)c2)cc1S(C)(=O)=O. The smallest absolute Gasteiger partial charge is 0.410 e. The van der Waals surface area contributed by atoms with Gasteiger partial charge in [-0.05, 0) is 85.8 Å². The third-order valence-electron chi connectivity index (χ3n) is 7.94. The Morgan fingerprint density at radius 1 is 1.02 bits per heavy atom. The second-order valence-corrected chi connectivity index (χ2v) is 13.9. The maximum atomic E-state index is 15.5. The molecule has 0 unspecified atom stereocenters. The molecule has 2 amide bonds. The van der Waals surface area contributed by atoms with Gasteiger partial charge in [-0.3, -0.25) is 9.69 Å². The van der Waals surface area contributed by atoms with Crippen molar-refractivity contribution in [1.82, 2.24) is 4.90 Å². The molecule has 2 atom stereocenters. The molecule has 2 heterocycles. The van der Waals surface area contributed by atoms with Crippen LogP contribution in [-0.2, 0) is 29.5 Å². The summed E-state index contributed by atoms with van der Waals surface area (Å²) in [5.41, 5.74) is 0.224. The van der Waals surface area contributed by atoms with Crippen molar-refractivity contribution < 1.29 is 36.7 Å². The normalized spacial score (nSPS) is 20.0. The molecule has 11 heteroatoms. The molecule has 5 rings (SSSR count). The highest BCUT2D eigenvalue weighted by atomic mass is 32.2. The highest BCUT2D eigenvalue weighted by Crippen LogP contribution is 2.56. The maximum Gasteiger partial charge on any atom is 0.410 e. The first-order chi connectivity index (χ1) is 20.1. The van der Waals surface area contributed by atoms with Crippen LogP contribution in [0.3, 0.4) is 0 Å². The molecular formula is C32H33FN2O7S. The number of amides is 2. The summed E-state index contributed by atoms with van der Waals surface area (Å²) in [6.45, 7) is 5.42. The van der Waals surface area contributed by atoms with E-state index >= 15 is 4.39 Å². The zero-order chi connectivity index (χ0) is 31.5. The minimum atomic E-state index is -3.87. The summed E-state index contributed by atoms with van der Waals surface area (Å²) < 4.78 is 51.2. The van der Waals surface area contributed by atoms with Gasteiger partial charge in [0, 0.05) is 25.5 Å². The summed E-state index contributed by atoms with van der Waals surface area (Å²) in [5, 5.41) is 0. The van der Waals surface area contributed by atoms with Gasteiger partial charge in [0.2, 0.25) is 5.91 Å². The molecule has 0 aliphatic carbocycles. The van der Waals surface area contributed by atoms with Crippen molar-refractivity contribution in [3.63, 3.8) is 0 Å². The van der Waals surface area contributed by atoms with Crippen molar-refractivity contribution in [2.24, 2.45) is 0 Å². The largest absolute Gasteiger partial charge is 0.465 e. The first kappa shape index (κ1) is 30.2. The van der Waals surface area contributed by atoms with Gasteiger partial charge >= 0.3 is 12.1 Å². The van der Waals surface area contributed by atoms with Gasteiger partial charge < -0.3 is 14.4 Å². The average Bonchev–Trinajstić information content (AvgIpc) is 3.44. The van der Waals surface area contributed by atoms with Gasteiger partial charge in [0.25, 0.3) is 0 Å². The number of fused-ring (bicyclic) bond motifs is 2. The molecule has 3 aromatic carbocycles. The van der Waals surface area contributed by atoms with Crippen molar-refractivity contribution in [3.05, 3.63) is 83.2 Å². The molecule has 1 saturated heterocycles. The number of ether oxygens (including phenoxy) is 2. The molecule has 2 aliphatic heterocycles. The van der Waals surface area contributed by atoms with Gasteiger partial charge in [-0.25, -0.2) is 22.4 Å². The Kier molecular flexibility index (Phi) is 7.36. The Morgan fingerprint density at radius 3 is 2.37 bits per heavy atom. The van der Waals surface area contributed by atoms with Crippen LogP contribution >= 0.6 is 0 Å². The first-order valence-corrected chi connectivity index (χ1v) is 15.6. The number of hydrogen-bond acceptors (Lipinski definition) is 7. The second kappa shape index (κ2) is 10.5. The molecule has 2 aliphatic rings. The van der Waals surface area contributed by atoms with Crippen LogP contribution in [0.2, 0.25) is 0 Å². The van der Waals surface area contributed by atoms with E-state index in [-0.39, 0.29) is 29.3 Å². The van der Waals surface area contributed by atoms with E-state index in [1.54, 1.807) is 38.8 Å². The van der Waals surface area contributed by atoms with E-state index in [1.165, 1.54) is 35.2 Å². The Hall–Kier alpha value is -4.25. The number of likely N-dealkylation sites (N-methyl/N-ethyl adjacent to an activating group) is 1. The summed E-state index contributed by atoms with van der Waals surface area (Å²) >= 11 is 0. The third-order valence-corrected chi connectivity index (χ3v) is 9.08. The summed E-state index contributed by atoms with van der Waals surface area (Å²) in [6.07, 6.45) is 0.618. The summed E-state index contributed by atoms with van der Waals surface area (Å²) in [4.78, 5) is 42.7. The van der Waals surface area contributed by atoms with Gasteiger partial charge in [-0.15, -0.1) is 0 Å². The predicted octanol–water partition coefficient (Wildman–Crippen LogP) is 5.28. The molecule has 0 bridgehead atoms. The lowest BCUT2D eigenvalue weighted by Crippen LogP contribution is -2.45. The highest BCUT2D eigenvalue weighted by Gasteiger charge is 2.61. The number of benzene rings is 3. The topological polar surface area (TPSA) is 110 Å². The van der Waals surface area contributed by atoms with Gasteiger partial charge in [0.05, 0.1) is 23.6 Å². The number of nitrogens with zero attached hydrogens (tertiary/aromatic N) is 2. The van der Waals surface area contributed by atoms with Crippen LogP contribution in [0.25, 0.3) is 11.1 Å². The minimum Gasteiger partial charge on any atom is -0.465 e. The lowest BCUT2D eigenvalue weighted by Gasteiger charge is -2.35. The third kappa shape index (κ3) is 5.15. The van der Waals surface area contributed by atoms with Crippen LogP contribution in [0.5, 0.6) is 0 Å². The second-order valence-electron chi connectivity index (χ2n) is 11.9. The molecule has 0 radical (unpaired) electrons. The van der Waals surface area contributed by atoms with E-state index in [1.807, 2.05) is 24.3 Å². The van der Waals surface area contributed by atoms with Gasteiger partial charge in [-0.1, -0.05) is 24.3 Å². The number of methoxy groups -OCH3 is 1. The minimum absolute atomic E-state index is 0.146. The Balaban J connectivity index is 1.72. The Bertz CT molecular complexity index is 1770. The molecule has 226 valence electrons. The maximum absolute atomic E-state index is 15.5. The summed E-state index contributed by atoms with van der Waals surface area (Å²) in [5.74, 6) is -1.70. The number of esters is 1. The van der Waals surface area contributed by atoms with Crippen LogP contribution in [0.4, 0.5) is 14.9 Å². The van der Waals surface area contributed by atoms with Crippen LogP contribution < -0.4 is 4.90 Å². The van der Waals surface area contributed by atoms with E-state index in [9.17, 15) is 22.8 Å². The Labute approximate surface area is 250 Å². The fraction of sp³-hybridized carbons (Fsp3) is 0.344. The van der Waals surface area contributed by atoms with Crippen LogP contribution in [-0.4, -0.2) is 63.8 Å². The molecule has 1 fully saturated rings. The fourth-order valence-corrected chi connectivity index (χ4v) is 7.10. The Morgan fingerprint density at radius 2 is 1.72 bits per heavy atom. The van der Waals surface area contributed by atoms with Crippen LogP contribution in [0, 0.1) is 5.82 Å². The summed E-state index contributed by atoms with van der Waals surface area (Å²) in [7, 11) is -1.05. The number of hydrogen-bond donors (Lipinski definition) is 0. The number of anilines is 1. The van der Waals surface area contributed by atoms with E-state index in [0.29, 0.717) is 22.4 Å². The molecule has 0 saturated carbocycles. The van der Waals surface area contributed by atoms with Crippen LogP contribution in [0.15, 0.2) is 65.6 Å². The number of carbonyl (C=O) groups excluding carboxylic acids is 3. The van der Waals surface area contributed by atoms with Crippen molar-refractivity contribution in [1.29, 1.82) is 0 Å². The molecular weight excluding hydrogens is 575 g/mol. The van der Waals surface area contributed by atoms with Crippen molar-refractivity contribution >= 4 is 33.5 Å². The van der Waals surface area contributed by atoms with E-state index in [2.05, 4.69) is 0 Å². The first-order valence-electron chi connectivity index (χ1n) is 13.7. The summed E-state index contributed by atoms with van der Waals surface area (Å²) in [6, 6.07) is 14.7. The van der Waals surface area contributed by atoms with Gasteiger partial charge in [0.1, 0.15) is 16.8 Å². The number of para-hydroxylation sites is 1. The zero-order valence-corrected chi connectivity index (χ0v) is 25.6. The van der Waals surface area contributed by atoms with E-state index in [0.717, 1.165) is 18.9 Å². The number of likely N-dealkylation sites (tertiary alicyclic amines) is 1. The van der Waals surface area contributed by atoms with Crippen molar-refractivity contribution in [3.8, 4) is 11.1 Å². The molecule has 0 aromatic heterocycles. The lowest BCUT2D eigenvalue weighted by atomic mass is 9.72. The molecule has 3 aromatic rings. The quantitative estimate of drug-likeness (QED) is 0.371. The van der Waals surface area contributed by atoms with Gasteiger partial charge in [0.15, 0.2) is 9.84 Å². The lowest BCUT2D eigenvalue weighted by molar-refractivity contribution is -0.123. The number of carbonyl (C=O) groups is 3. The molecule has 0 N–H and O–H groups in total. The molecule has 43 heavy (non-hydrogen) atoms. The van der Waals surface area contributed by atoms with Crippen molar-refractivity contribution in [2.75, 3.05) is 31.9 Å². The van der Waals surface area contributed by atoms with Crippen molar-refractivity contribution in [2.45, 2.75) is 49.1 Å².